The Bertz CT molecular complexity index is 207. The highest BCUT2D eigenvalue weighted by molar-refractivity contribution is 7.90. The fraction of sp³-hybridized carbons (Fsp3) is 1.00. The van der Waals surface area contributed by atoms with Crippen LogP contribution in [0, 0.1) is 10.1 Å². The molecule has 0 aromatic rings. The summed E-state index contributed by atoms with van der Waals surface area (Å²) in [4.78, 5) is 9.17. The fourth-order valence-electron chi connectivity index (χ4n) is 0.456. The lowest BCUT2D eigenvalue weighted by atomic mass is 10.5. The Morgan fingerprint density at radius 2 is 2.00 bits per heavy atom. The van der Waals surface area contributed by atoms with Crippen LogP contribution in [0.1, 0.15) is 6.42 Å². The van der Waals surface area contributed by atoms with Crippen molar-refractivity contribution in [1.29, 1.82) is 0 Å². The van der Waals surface area contributed by atoms with Crippen molar-refractivity contribution in [3.05, 3.63) is 10.1 Å². The smallest absolute Gasteiger partial charge is 0.204 e. The topological polar surface area (TPSA) is 77.3 Å². The Kier molecular flexibility index (Phi) is 3.27. The van der Waals surface area contributed by atoms with Crippen LogP contribution in [0.4, 0.5) is 0 Å². The molecule has 0 rings (SSSR count). The molecule has 5 nitrogen and oxygen atoms in total. The van der Waals surface area contributed by atoms with Gasteiger partial charge in [0.15, 0.2) is 0 Å². The molecule has 0 amide bonds. The van der Waals surface area contributed by atoms with Crippen molar-refractivity contribution in [1.82, 2.24) is 0 Å². The molecule has 0 saturated heterocycles. The summed E-state index contributed by atoms with van der Waals surface area (Å²) >= 11 is 0. The molecular formula is C4H9NO4S. The van der Waals surface area contributed by atoms with Crippen LogP contribution in [0.2, 0.25) is 0 Å². The summed E-state index contributed by atoms with van der Waals surface area (Å²) in [5.74, 6) is -0.103. The molecule has 0 aromatic heterocycles. The molecule has 10 heavy (non-hydrogen) atoms. The van der Waals surface area contributed by atoms with Gasteiger partial charge in [0.2, 0.25) is 6.54 Å². The minimum atomic E-state index is -3.02. The number of hydrogen-bond donors (Lipinski definition) is 0. The van der Waals surface area contributed by atoms with Crippen molar-refractivity contribution >= 4 is 9.84 Å². The minimum absolute atomic E-state index is 0.103. The summed E-state index contributed by atoms with van der Waals surface area (Å²) in [7, 11) is -3.02. The van der Waals surface area contributed by atoms with E-state index in [1.54, 1.807) is 0 Å². The molecule has 0 fully saturated rings. The highest BCUT2D eigenvalue weighted by atomic mass is 32.2. The molecule has 60 valence electrons. The van der Waals surface area contributed by atoms with Gasteiger partial charge in [-0.05, 0) is 0 Å². The van der Waals surface area contributed by atoms with Crippen molar-refractivity contribution < 1.29 is 13.3 Å². The van der Waals surface area contributed by atoms with E-state index in [9.17, 15) is 18.5 Å². The average Bonchev–Trinajstić information content (AvgIpc) is 1.59. The van der Waals surface area contributed by atoms with E-state index in [0.717, 1.165) is 6.26 Å². The van der Waals surface area contributed by atoms with Gasteiger partial charge in [0.1, 0.15) is 9.84 Å². The van der Waals surface area contributed by atoms with E-state index in [0.29, 0.717) is 0 Å². The van der Waals surface area contributed by atoms with Crippen molar-refractivity contribution in [2.75, 3.05) is 18.6 Å². The molecule has 0 aromatic carbocycles. The molecule has 0 N–H and O–H groups in total. The van der Waals surface area contributed by atoms with Crippen molar-refractivity contribution in [3.63, 3.8) is 0 Å². The zero-order chi connectivity index (χ0) is 8.20. The van der Waals surface area contributed by atoms with Crippen LogP contribution in [-0.4, -0.2) is 31.9 Å². The predicted molar refractivity (Wildman–Crippen MR) is 36.2 cm³/mol. The molecular weight excluding hydrogens is 158 g/mol. The van der Waals surface area contributed by atoms with Crippen LogP contribution in [-0.2, 0) is 9.84 Å². The van der Waals surface area contributed by atoms with E-state index in [4.69, 9.17) is 0 Å². The zero-order valence-corrected chi connectivity index (χ0v) is 6.43. The number of hydrogen-bond acceptors (Lipinski definition) is 4. The van der Waals surface area contributed by atoms with Gasteiger partial charge in [-0.25, -0.2) is 8.42 Å². The lowest BCUT2D eigenvalue weighted by Crippen LogP contribution is -2.09. The van der Waals surface area contributed by atoms with E-state index in [1.807, 2.05) is 0 Å². The van der Waals surface area contributed by atoms with Crippen molar-refractivity contribution in [3.8, 4) is 0 Å². The number of rotatable bonds is 4. The van der Waals surface area contributed by atoms with Gasteiger partial charge in [0, 0.05) is 17.6 Å². The van der Waals surface area contributed by atoms with Gasteiger partial charge in [-0.2, -0.15) is 0 Å². The minimum Gasteiger partial charge on any atom is -0.265 e. The first-order chi connectivity index (χ1) is 4.42. The maximum absolute atomic E-state index is 10.4. The maximum atomic E-state index is 10.4. The van der Waals surface area contributed by atoms with Gasteiger partial charge in [-0.15, -0.1) is 0 Å². The Morgan fingerprint density at radius 1 is 1.50 bits per heavy atom. The molecule has 0 radical (unpaired) electrons. The second-order valence-electron chi connectivity index (χ2n) is 2.04. The summed E-state index contributed by atoms with van der Waals surface area (Å²) in [6.07, 6.45) is 1.17. The van der Waals surface area contributed by atoms with E-state index < -0.39 is 14.8 Å². The van der Waals surface area contributed by atoms with Crippen LogP contribution in [0.3, 0.4) is 0 Å². The standard InChI is InChI=1S/C4H9NO4S/c1-10(8,9)4-2-3-5(6)7/h2-4H2,1H3. The van der Waals surface area contributed by atoms with Gasteiger partial charge in [-0.1, -0.05) is 0 Å². The fourth-order valence-corrected chi connectivity index (χ4v) is 1.11. The lowest BCUT2D eigenvalue weighted by Gasteiger charge is -1.92. The number of nitro groups is 1. The summed E-state index contributed by atoms with van der Waals surface area (Å²) in [6.45, 7) is -0.271. The van der Waals surface area contributed by atoms with Gasteiger partial charge < -0.3 is 0 Å². The van der Waals surface area contributed by atoms with Crippen LogP contribution in [0.15, 0.2) is 0 Å². The van der Waals surface area contributed by atoms with E-state index in [-0.39, 0.29) is 18.7 Å². The molecule has 0 atom stereocenters. The summed E-state index contributed by atoms with van der Waals surface area (Å²) in [5.41, 5.74) is 0. The quantitative estimate of drug-likeness (QED) is 0.425. The largest absolute Gasteiger partial charge is 0.265 e. The summed E-state index contributed by atoms with van der Waals surface area (Å²) in [5, 5.41) is 9.70. The predicted octanol–water partition coefficient (Wildman–Crippen LogP) is -0.302. The van der Waals surface area contributed by atoms with Gasteiger partial charge in [0.05, 0.1) is 5.75 Å². The molecule has 0 unspecified atom stereocenters. The Balaban J connectivity index is 3.49. The van der Waals surface area contributed by atoms with Gasteiger partial charge >= 0.3 is 0 Å². The zero-order valence-electron chi connectivity index (χ0n) is 5.61. The van der Waals surface area contributed by atoms with Crippen LogP contribution < -0.4 is 0 Å². The number of sulfone groups is 1. The highest BCUT2D eigenvalue weighted by Crippen LogP contribution is 1.88. The van der Waals surface area contributed by atoms with E-state index in [1.165, 1.54) is 0 Å². The molecule has 0 bridgehead atoms. The Labute approximate surface area is 59.1 Å². The molecule has 0 aliphatic carbocycles. The summed E-state index contributed by atoms with van der Waals surface area (Å²) in [6, 6.07) is 0. The Morgan fingerprint density at radius 3 is 2.30 bits per heavy atom. The average molecular weight is 167 g/mol. The third-order valence-electron chi connectivity index (χ3n) is 0.856. The first-order valence-corrected chi connectivity index (χ1v) is 4.77. The van der Waals surface area contributed by atoms with Crippen LogP contribution in [0.5, 0.6) is 0 Å². The second kappa shape index (κ2) is 3.50. The normalized spacial score (nSPS) is 11.3. The molecule has 0 aliphatic heterocycles. The molecule has 0 saturated carbocycles. The first kappa shape index (κ1) is 9.35. The third-order valence-corrected chi connectivity index (χ3v) is 1.89. The highest BCUT2D eigenvalue weighted by Gasteiger charge is 2.04. The van der Waals surface area contributed by atoms with Crippen LogP contribution in [0.25, 0.3) is 0 Å². The summed E-state index contributed by atoms with van der Waals surface area (Å²) < 4.78 is 20.8. The monoisotopic (exact) mass is 167 g/mol. The van der Waals surface area contributed by atoms with Gasteiger partial charge in [-0.3, -0.25) is 10.1 Å². The van der Waals surface area contributed by atoms with E-state index >= 15 is 0 Å². The SMILES string of the molecule is CS(=O)(=O)CCC[N+](=O)[O-]. The number of nitrogens with zero attached hydrogens (tertiary/aromatic N) is 1. The molecule has 0 aliphatic rings. The second-order valence-corrected chi connectivity index (χ2v) is 4.30. The van der Waals surface area contributed by atoms with Crippen molar-refractivity contribution in [2.24, 2.45) is 0 Å². The molecule has 0 heterocycles. The molecule has 0 spiro atoms. The Hall–Kier alpha value is -0.650. The lowest BCUT2D eigenvalue weighted by molar-refractivity contribution is -0.479. The first-order valence-electron chi connectivity index (χ1n) is 2.71. The third kappa shape index (κ3) is 7.35. The van der Waals surface area contributed by atoms with Gasteiger partial charge in [0.25, 0.3) is 0 Å². The van der Waals surface area contributed by atoms with Crippen molar-refractivity contribution in [2.45, 2.75) is 6.42 Å². The van der Waals surface area contributed by atoms with Crippen LogP contribution >= 0.6 is 0 Å². The van der Waals surface area contributed by atoms with E-state index in [2.05, 4.69) is 0 Å². The maximum Gasteiger partial charge on any atom is 0.204 e. The molecule has 6 heteroatoms.